The predicted molar refractivity (Wildman–Crippen MR) is 47.9 cm³/mol. The minimum absolute atomic E-state index is 0.0568. The van der Waals surface area contributed by atoms with Crippen molar-refractivity contribution in [1.29, 1.82) is 0 Å². The lowest BCUT2D eigenvalue weighted by atomic mass is 9.72. The average Bonchev–Trinajstić information content (AvgIpc) is 2.15. The van der Waals surface area contributed by atoms with Gasteiger partial charge in [0.15, 0.2) is 0 Å². The van der Waals surface area contributed by atoms with E-state index >= 15 is 0 Å². The number of hydrogen-bond donors (Lipinski definition) is 0. The molecule has 0 aliphatic heterocycles. The molecule has 2 rings (SSSR count). The number of halogens is 2. The van der Waals surface area contributed by atoms with Gasteiger partial charge in [0.05, 0.1) is 5.92 Å². The Morgan fingerprint density at radius 1 is 1.23 bits per heavy atom. The molecule has 2 heteroatoms. The number of allylic oxidation sites excluding steroid dienone is 1. The zero-order chi connectivity index (χ0) is 9.47. The molecule has 68 valence electrons. The maximum Gasteiger partial charge on any atom is 0.276 e. The first-order chi connectivity index (χ1) is 6.12. The summed E-state index contributed by atoms with van der Waals surface area (Å²) < 4.78 is 26.4. The summed E-state index contributed by atoms with van der Waals surface area (Å²) in [6.07, 6.45) is 0.414. The van der Waals surface area contributed by atoms with Crippen LogP contribution in [0, 0.1) is 0 Å². The fraction of sp³-hybridized carbons (Fsp3) is 0.273. The van der Waals surface area contributed by atoms with Crippen LogP contribution in [0.4, 0.5) is 8.78 Å². The first kappa shape index (κ1) is 8.42. The molecule has 1 unspecified atom stereocenters. The van der Waals surface area contributed by atoms with Gasteiger partial charge in [0.1, 0.15) is 0 Å². The molecule has 1 fully saturated rings. The molecule has 1 aromatic carbocycles. The largest absolute Gasteiger partial charge is 0.276 e. The molecule has 0 spiro atoms. The van der Waals surface area contributed by atoms with E-state index in [2.05, 4.69) is 6.58 Å². The van der Waals surface area contributed by atoms with E-state index in [4.69, 9.17) is 0 Å². The van der Waals surface area contributed by atoms with Gasteiger partial charge in [-0.1, -0.05) is 36.9 Å². The molecule has 0 amide bonds. The van der Waals surface area contributed by atoms with Crippen molar-refractivity contribution < 1.29 is 8.78 Å². The summed E-state index contributed by atoms with van der Waals surface area (Å²) in [4.78, 5) is 0. The Morgan fingerprint density at radius 2 is 1.85 bits per heavy atom. The monoisotopic (exact) mass is 180 g/mol. The molecule has 13 heavy (non-hydrogen) atoms. The van der Waals surface area contributed by atoms with Crippen LogP contribution in [0.3, 0.4) is 0 Å². The smallest absolute Gasteiger partial charge is 0.201 e. The summed E-state index contributed by atoms with van der Waals surface area (Å²) in [5, 5.41) is 0. The van der Waals surface area contributed by atoms with Gasteiger partial charge in [0, 0.05) is 0 Å². The van der Waals surface area contributed by atoms with Crippen molar-refractivity contribution in [1.82, 2.24) is 0 Å². The minimum atomic E-state index is -2.69. The van der Waals surface area contributed by atoms with Crippen LogP contribution in [-0.4, -0.2) is 5.92 Å². The first-order valence-electron chi connectivity index (χ1n) is 4.23. The van der Waals surface area contributed by atoms with Crippen LogP contribution in [-0.2, 0) is 0 Å². The highest BCUT2D eigenvalue weighted by Gasteiger charge is 2.52. The van der Waals surface area contributed by atoms with Gasteiger partial charge in [-0.2, -0.15) is 0 Å². The fourth-order valence-corrected chi connectivity index (χ4v) is 1.64. The summed E-state index contributed by atoms with van der Waals surface area (Å²) in [6.45, 7) is 3.34. The van der Waals surface area contributed by atoms with Crippen LogP contribution >= 0.6 is 0 Å². The summed E-state index contributed by atoms with van der Waals surface area (Å²) in [5.41, 5.74) is 0.765. The maximum absolute atomic E-state index is 13.2. The van der Waals surface area contributed by atoms with Gasteiger partial charge < -0.3 is 0 Å². The zero-order valence-corrected chi connectivity index (χ0v) is 7.13. The van der Waals surface area contributed by atoms with Crippen molar-refractivity contribution in [3.05, 3.63) is 48.0 Å². The number of hydrogen-bond acceptors (Lipinski definition) is 0. The molecule has 0 heterocycles. The van der Waals surface area contributed by atoms with E-state index in [1.165, 1.54) is 0 Å². The lowest BCUT2D eigenvalue weighted by Crippen LogP contribution is -2.39. The molecular weight excluding hydrogens is 170 g/mol. The van der Waals surface area contributed by atoms with E-state index in [1.807, 2.05) is 6.07 Å². The van der Waals surface area contributed by atoms with E-state index in [0.717, 1.165) is 0 Å². The Balaban J connectivity index is 2.27. The highest BCUT2D eigenvalue weighted by atomic mass is 19.3. The van der Waals surface area contributed by atoms with Crippen molar-refractivity contribution in [2.45, 2.75) is 18.3 Å². The van der Waals surface area contributed by atoms with E-state index in [9.17, 15) is 8.78 Å². The topological polar surface area (TPSA) is 0 Å². The molecule has 0 bridgehead atoms. The van der Waals surface area contributed by atoms with Gasteiger partial charge in [-0.25, -0.2) is 8.78 Å². The van der Waals surface area contributed by atoms with Gasteiger partial charge in [0.25, 0.3) is 5.92 Å². The molecule has 1 atom stereocenters. The third-order valence-electron chi connectivity index (χ3n) is 2.56. The van der Waals surface area contributed by atoms with Crippen molar-refractivity contribution in [3.8, 4) is 0 Å². The molecule has 0 saturated heterocycles. The number of benzene rings is 1. The van der Waals surface area contributed by atoms with Crippen LogP contribution < -0.4 is 0 Å². The second-order valence-electron chi connectivity index (χ2n) is 3.39. The molecule has 0 radical (unpaired) electrons. The first-order valence-corrected chi connectivity index (χ1v) is 4.23. The molecule has 1 aliphatic rings. The molecule has 1 aliphatic carbocycles. The molecule has 0 N–H and O–H groups in total. The molecule has 0 aromatic heterocycles. The molecule has 0 nitrogen and oxygen atoms in total. The van der Waals surface area contributed by atoms with Crippen LogP contribution in [0.5, 0.6) is 0 Å². The fourth-order valence-electron chi connectivity index (χ4n) is 1.64. The lowest BCUT2D eigenvalue weighted by molar-refractivity contribution is -0.0355. The van der Waals surface area contributed by atoms with Crippen LogP contribution in [0.25, 0.3) is 0 Å². The SMILES string of the molecule is C=C1CC(c2ccccc2)C1(F)F. The van der Waals surface area contributed by atoms with E-state index in [1.54, 1.807) is 24.3 Å². The van der Waals surface area contributed by atoms with E-state index in [0.29, 0.717) is 12.0 Å². The third-order valence-corrected chi connectivity index (χ3v) is 2.56. The van der Waals surface area contributed by atoms with Crippen molar-refractivity contribution in [2.75, 3.05) is 0 Å². The number of rotatable bonds is 1. The quantitative estimate of drug-likeness (QED) is 0.581. The summed E-state index contributed by atoms with van der Waals surface area (Å²) in [6, 6.07) is 8.88. The standard InChI is InChI=1S/C11H10F2/c1-8-7-10(11(8,12)13)9-5-3-2-4-6-9/h2-6,10H,1,7H2. The average molecular weight is 180 g/mol. The van der Waals surface area contributed by atoms with Crippen molar-refractivity contribution in [2.24, 2.45) is 0 Å². The highest BCUT2D eigenvalue weighted by molar-refractivity contribution is 5.36. The predicted octanol–water partition coefficient (Wildman–Crippen LogP) is 3.37. The Labute approximate surface area is 75.9 Å². The maximum atomic E-state index is 13.2. The van der Waals surface area contributed by atoms with Crippen molar-refractivity contribution >= 4 is 0 Å². The van der Waals surface area contributed by atoms with Gasteiger partial charge in [-0.3, -0.25) is 0 Å². The third kappa shape index (κ3) is 1.17. The molecule has 1 aromatic rings. The molecule has 1 saturated carbocycles. The highest BCUT2D eigenvalue weighted by Crippen LogP contribution is 2.52. The van der Waals surface area contributed by atoms with E-state index in [-0.39, 0.29) is 5.57 Å². The Kier molecular flexibility index (Phi) is 1.72. The van der Waals surface area contributed by atoms with Crippen molar-refractivity contribution in [3.63, 3.8) is 0 Å². The van der Waals surface area contributed by atoms with Gasteiger partial charge in [-0.15, -0.1) is 0 Å². The minimum Gasteiger partial charge on any atom is -0.201 e. The van der Waals surface area contributed by atoms with Crippen LogP contribution in [0.1, 0.15) is 17.9 Å². The Hall–Kier alpha value is -1.18. The van der Waals surface area contributed by atoms with Gasteiger partial charge >= 0.3 is 0 Å². The number of alkyl halides is 2. The summed E-state index contributed by atoms with van der Waals surface area (Å²) >= 11 is 0. The Bertz CT molecular complexity index is 327. The van der Waals surface area contributed by atoms with E-state index < -0.39 is 11.8 Å². The summed E-state index contributed by atoms with van der Waals surface area (Å²) in [5.74, 6) is -3.34. The lowest BCUT2D eigenvalue weighted by Gasteiger charge is -2.38. The van der Waals surface area contributed by atoms with Crippen LogP contribution in [0.2, 0.25) is 0 Å². The Morgan fingerprint density at radius 3 is 2.31 bits per heavy atom. The van der Waals surface area contributed by atoms with Gasteiger partial charge in [-0.05, 0) is 17.6 Å². The van der Waals surface area contributed by atoms with Crippen LogP contribution in [0.15, 0.2) is 42.5 Å². The summed E-state index contributed by atoms with van der Waals surface area (Å²) in [7, 11) is 0. The normalized spacial score (nSPS) is 25.4. The molecular formula is C11H10F2. The second kappa shape index (κ2) is 2.66. The zero-order valence-electron chi connectivity index (χ0n) is 7.13. The second-order valence-corrected chi connectivity index (χ2v) is 3.39. The van der Waals surface area contributed by atoms with Gasteiger partial charge in [0.2, 0.25) is 0 Å².